The third-order valence-corrected chi connectivity index (χ3v) is 4.98. The van der Waals surface area contributed by atoms with Gasteiger partial charge < -0.3 is 15.0 Å². The average molecular weight is 402 g/mol. The summed E-state index contributed by atoms with van der Waals surface area (Å²) < 4.78 is 18.8. The topological polar surface area (TPSA) is 54.1 Å². The van der Waals surface area contributed by atoms with E-state index in [0.717, 1.165) is 39.8 Å². The number of aromatic amines is 1. The minimum absolute atomic E-state index is 0.0713. The Morgan fingerprint density at radius 1 is 0.967 bits per heavy atom. The number of H-pyrrole nitrogens is 1. The molecule has 5 heteroatoms. The first kappa shape index (κ1) is 19.7. The highest BCUT2D eigenvalue weighted by molar-refractivity contribution is 5.84. The summed E-state index contributed by atoms with van der Waals surface area (Å²) in [6.07, 6.45) is 2.94. The number of benzene rings is 3. The van der Waals surface area contributed by atoms with Gasteiger partial charge in [-0.05, 0) is 47.4 Å². The first-order valence-corrected chi connectivity index (χ1v) is 9.95. The quantitative estimate of drug-likeness (QED) is 0.445. The van der Waals surface area contributed by atoms with Crippen molar-refractivity contribution in [3.63, 3.8) is 0 Å². The lowest BCUT2D eigenvalue weighted by molar-refractivity contribution is -0.120. The molecule has 0 saturated heterocycles. The molecule has 0 aliphatic heterocycles. The Labute approximate surface area is 174 Å². The summed E-state index contributed by atoms with van der Waals surface area (Å²) >= 11 is 0. The van der Waals surface area contributed by atoms with E-state index in [4.69, 9.17) is 4.74 Å². The number of rotatable bonds is 8. The number of ether oxygens (including phenoxy) is 1. The Morgan fingerprint density at radius 3 is 2.57 bits per heavy atom. The molecule has 0 unspecified atom stereocenters. The zero-order chi connectivity index (χ0) is 20.8. The van der Waals surface area contributed by atoms with Crippen molar-refractivity contribution in [1.29, 1.82) is 0 Å². The van der Waals surface area contributed by atoms with Gasteiger partial charge in [0.15, 0.2) is 0 Å². The molecular formula is C25H23FN2O2. The number of nitrogens with one attached hydrogen (secondary N) is 2. The summed E-state index contributed by atoms with van der Waals surface area (Å²) in [6.45, 7) is 1.07. The van der Waals surface area contributed by atoms with Gasteiger partial charge in [0, 0.05) is 29.7 Å². The molecule has 1 heterocycles. The molecular weight excluding hydrogens is 379 g/mol. The maximum Gasteiger partial charge on any atom is 0.224 e. The second-order valence-electron chi connectivity index (χ2n) is 7.20. The van der Waals surface area contributed by atoms with E-state index in [1.54, 1.807) is 12.1 Å². The molecule has 0 aliphatic carbocycles. The molecule has 2 N–H and O–H groups in total. The molecule has 30 heavy (non-hydrogen) atoms. The fraction of sp³-hybridized carbons (Fsp3) is 0.160. The first-order chi connectivity index (χ1) is 14.7. The van der Waals surface area contributed by atoms with Crippen molar-refractivity contribution in [2.75, 3.05) is 6.54 Å². The summed E-state index contributed by atoms with van der Waals surface area (Å²) in [5, 5.41) is 4.05. The molecule has 0 radical (unpaired) electrons. The van der Waals surface area contributed by atoms with E-state index in [-0.39, 0.29) is 18.1 Å². The second-order valence-corrected chi connectivity index (χ2v) is 7.20. The first-order valence-electron chi connectivity index (χ1n) is 9.95. The van der Waals surface area contributed by atoms with Crippen molar-refractivity contribution in [2.24, 2.45) is 0 Å². The van der Waals surface area contributed by atoms with E-state index in [2.05, 4.69) is 10.3 Å². The standard InChI is InChI=1S/C25H23FN2O2/c26-21-8-6-18(7-9-21)14-25(29)27-13-12-20-16-28-24-15-22(10-11-23(20)24)30-17-19-4-2-1-3-5-19/h1-11,15-16,28H,12-14,17H2,(H,27,29). The maximum atomic E-state index is 12.9. The van der Waals surface area contributed by atoms with Crippen LogP contribution in [0.1, 0.15) is 16.7 Å². The summed E-state index contributed by atoms with van der Waals surface area (Å²) in [4.78, 5) is 15.4. The molecule has 3 aromatic carbocycles. The van der Waals surface area contributed by atoms with E-state index in [0.29, 0.717) is 13.2 Å². The number of carbonyl (C=O) groups is 1. The molecule has 0 aliphatic rings. The van der Waals surface area contributed by atoms with E-state index in [1.807, 2.05) is 54.7 Å². The summed E-state index contributed by atoms with van der Waals surface area (Å²) in [5.74, 6) is 0.442. The molecule has 4 rings (SSSR count). The van der Waals surface area contributed by atoms with Crippen LogP contribution >= 0.6 is 0 Å². The highest BCUT2D eigenvalue weighted by Crippen LogP contribution is 2.24. The predicted molar refractivity (Wildman–Crippen MR) is 116 cm³/mol. The monoisotopic (exact) mass is 402 g/mol. The van der Waals surface area contributed by atoms with Crippen LogP contribution < -0.4 is 10.1 Å². The van der Waals surface area contributed by atoms with Gasteiger partial charge in [0.1, 0.15) is 18.2 Å². The van der Waals surface area contributed by atoms with Gasteiger partial charge in [0.2, 0.25) is 5.91 Å². The predicted octanol–water partition coefficient (Wildman–Crippen LogP) is 4.79. The molecule has 4 nitrogen and oxygen atoms in total. The minimum atomic E-state index is -0.299. The molecule has 0 saturated carbocycles. The van der Waals surface area contributed by atoms with Crippen LogP contribution in [0.5, 0.6) is 5.75 Å². The average Bonchev–Trinajstić information content (AvgIpc) is 3.17. The van der Waals surface area contributed by atoms with Crippen LogP contribution in [-0.4, -0.2) is 17.4 Å². The number of carbonyl (C=O) groups excluding carboxylic acids is 1. The van der Waals surface area contributed by atoms with Gasteiger partial charge in [0.05, 0.1) is 6.42 Å². The van der Waals surface area contributed by atoms with Gasteiger partial charge in [-0.2, -0.15) is 0 Å². The summed E-state index contributed by atoms with van der Waals surface area (Å²) in [7, 11) is 0. The molecule has 1 amide bonds. The minimum Gasteiger partial charge on any atom is -0.489 e. The van der Waals surface area contributed by atoms with Crippen LogP contribution in [0, 0.1) is 5.82 Å². The SMILES string of the molecule is O=C(Cc1ccc(F)cc1)NCCc1c[nH]c2cc(OCc3ccccc3)ccc12. The van der Waals surface area contributed by atoms with E-state index in [9.17, 15) is 9.18 Å². The Kier molecular flexibility index (Phi) is 6.09. The zero-order valence-corrected chi connectivity index (χ0v) is 16.5. The van der Waals surface area contributed by atoms with E-state index >= 15 is 0 Å². The number of amides is 1. The van der Waals surface area contributed by atoms with Crippen molar-refractivity contribution in [2.45, 2.75) is 19.4 Å². The van der Waals surface area contributed by atoms with Gasteiger partial charge >= 0.3 is 0 Å². The van der Waals surface area contributed by atoms with Gasteiger partial charge in [-0.1, -0.05) is 42.5 Å². The van der Waals surface area contributed by atoms with Gasteiger partial charge in [0.25, 0.3) is 0 Å². The lowest BCUT2D eigenvalue weighted by Crippen LogP contribution is -2.27. The van der Waals surface area contributed by atoms with Crippen LogP contribution in [0.25, 0.3) is 10.9 Å². The van der Waals surface area contributed by atoms with Crippen LogP contribution in [-0.2, 0) is 24.2 Å². The van der Waals surface area contributed by atoms with E-state index in [1.165, 1.54) is 12.1 Å². The summed E-state index contributed by atoms with van der Waals surface area (Å²) in [6, 6.07) is 22.1. The van der Waals surface area contributed by atoms with Crippen molar-refractivity contribution < 1.29 is 13.9 Å². The molecule has 0 bridgehead atoms. The third kappa shape index (κ3) is 5.06. The van der Waals surface area contributed by atoms with Crippen LogP contribution in [0.15, 0.2) is 79.0 Å². The molecule has 0 fully saturated rings. The van der Waals surface area contributed by atoms with Crippen molar-refractivity contribution in [3.05, 3.63) is 102 Å². The van der Waals surface area contributed by atoms with Crippen molar-refractivity contribution >= 4 is 16.8 Å². The number of hydrogen-bond donors (Lipinski definition) is 2. The molecule has 152 valence electrons. The van der Waals surface area contributed by atoms with Gasteiger partial charge in [-0.15, -0.1) is 0 Å². The largest absolute Gasteiger partial charge is 0.489 e. The highest BCUT2D eigenvalue weighted by Gasteiger charge is 2.07. The Morgan fingerprint density at radius 2 is 1.77 bits per heavy atom. The molecule has 1 aromatic heterocycles. The lowest BCUT2D eigenvalue weighted by atomic mass is 10.1. The lowest BCUT2D eigenvalue weighted by Gasteiger charge is -2.07. The molecule has 0 spiro atoms. The number of hydrogen-bond acceptors (Lipinski definition) is 2. The fourth-order valence-corrected chi connectivity index (χ4v) is 3.39. The Balaban J connectivity index is 1.30. The van der Waals surface area contributed by atoms with Crippen molar-refractivity contribution in [1.82, 2.24) is 10.3 Å². The number of halogens is 1. The number of fused-ring (bicyclic) bond motifs is 1. The number of aromatic nitrogens is 1. The third-order valence-electron chi connectivity index (χ3n) is 4.98. The Hall–Kier alpha value is -3.60. The zero-order valence-electron chi connectivity index (χ0n) is 16.5. The summed E-state index contributed by atoms with van der Waals surface area (Å²) in [5.41, 5.74) is 4.07. The molecule has 4 aromatic rings. The van der Waals surface area contributed by atoms with Gasteiger partial charge in [-0.25, -0.2) is 4.39 Å². The van der Waals surface area contributed by atoms with Crippen LogP contribution in [0.3, 0.4) is 0 Å². The van der Waals surface area contributed by atoms with E-state index < -0.39 is 0 Å². The molecule has 0 atom stereocenters. The van der Waals surface area contributed by atoms with Gasteiger partial charge in [-0.3, -0.25) is 4.79 Å². The second kappa shape index (κ2) is 9.27. The Bertz CT molecular complexity index is 1120. The highest BCUT2D eigenvalue weighted by atomic mass is 19.1. The fourth-order valence-electron chi connectivity index (χ4n) is 3.39. The van der Waals surface area contributed by atoms with Crippen molar-refractivity contribution in [3.8, 4) is 5.75 Å². The normalized spacial score (nSPS) is 10.8. The van der Waals surface area contributed by atoms with Crippen LogP contribution in [0.2, 0.25) is 0 Å². The maximum absolute atomic E-state index is 12.9. The smallest absolute Gasteiger partial charge is 0.224 e. The van der Waals surface area contributed by atoms with Crippen LogP contribution in [0.4, 0.5) is 4.39 Å².